The largest absolute Gasteiger partial charge is 0.309 e. The fourth-order valence-corrected chi connectivity index (χ4v) is 1.55. The lowest BCUT2D eigenvalue weighted by Crippen LogP contribution is -2.46. The van der Waals surface area contributed by atoms with Gasteiger partial charge in [-0.1, -0.05) is 26.2 Å². The first-order valence-corrected chi connectivity index (χ1v) is 6.12. The molecule has 0 aromatic rings. The van der Waals surface area contributed by atoms with E-state index >= 15 is 0 Å². The van der Waals surface area contributed by atoms with Crippen LogP contribution in [0.5, 0.6) is 0 Å². The van der Waals surface area contributed by atoms with E-state index in [2.05, 4.69) is 19.2 Å². The molecule has 0 radical (unpaired) electrons. The first-order chi connectivity index (χ1) is 6.18. The van der Waals surface area contributed by atoms with E-state index in [9.17, 15) is 0 Å². The molecule has 0 aliphatic carbocycles. The van der Waals surface area contributed by atoms with Gasteiger partial charge in [0.25, 0.3) is 0 Å². The highest BCUT2D eigenvalue weighted by Crippen LogP contribution is 2.09. The highest BCUT2D eigenvalue weighted by Gasteiger charge is 2.20. The van der Waals surface area contributed by atoms with Crippen molar-refractivity contribution in [2.45, 2.75) is 45.1 Å². The van der Waals surface area contributed by atoms with Crippen LogP contribution in [0.1, 0.15) is 39.5 Å². The molecule has 0 amide bonds. The molecule has 80 valence electrons. The van der Waals surface area contributed by atoms with Crippen molar-refractivity contribution in [1.29, 1.82) is 0 Å². The third-order valence-electron chi connectivity index (χ3n) is 2.17. The van der Waals surface area contributed by atoms with Crippen LogP contribution >= 0.6 is 23.2 Å². The highest BCUT2D eigenvalue weighted by atomic mass is 35.5. The van der Waals surface area contributed by atoms with Gasteiger partial charge in [-0.3, -0.25) is 0 Å². The van der Waals surface area contributed by atoms with Gasteiger partial charge in [-0.05, 0) is 19.9 Å². The lowest BCUT2D eigenvalue weighted by Gasteiger charge is -2.25. The Balaban J connectivity index is 3.39. The van der Waals surface area contributed by atoms with Crippen LogP contribution in [0, 0.1) is 0 Å². The maximum Gasteiger partial charge on any atom is 0.0425 e. The van der Waals surface area contributed by atoms with Gasteiger partial charge in [-0.2, -0.15) is 0 Å². The summed E-state index contributed by atoms with van der Waals surface area (Å²) in [5.74, 6) is 1.15. The Bertz CT molecular complexity index is 113. The van der Waals surface area contributed by atoms with E-state index in [1.54, 1.807) is 0 Å². The summed E-state index contributed by atoms with van der Waals surface area (Å²) in [7, 11) is 0. The third-order valence-corrected chi connectivity index (χ3v) is 3.35. The predicted molar refractivity (Wildman–Crippen MR) is 62.0 cm³/mol. The van der Waals surface area contributed by atoms with Gasteiger partial charge in [0, 0.05) is 17.3 Å². The number of hydrogen-bond acceptors (Lipinski definition) is 1. The molecule has 0 aromatic heterocycles. The molecule has 0 aromatic carbocycles. The van der Waals surface area contributed by atoms with Crippen LogP contribution in [0.2, 0.25) is 0 Å². The Morgan fingerprint density at radius 3 is 2.15 bits per heavy atom. The van der Waals surface area contributed by atoms with Crippen molar-refractivity contribution in [3.63, 3.8) is 0 Å². The van der Waals surface area contributed by atoms with E-state index in [1.165, 1.54) is 25.7 Å². The van der Waals surface area contributed by atoms with E-state index < -0.39 is 0 Å². The molecule has 13 heavy (non-hydrogen) atoms. The molecule has 0 saturated heterocycles. The molecule has 3 heteroatoms. The Hall–Kier alpha value is 0.540. The zero-order chi connectivity index (χ0) is 10.2. The first-order valence-electron chi connectivity index (χ1n) is 5.05. The highest BCUT2D eigenvalue weighted by molar-refractivity contribution is 6.22. The minimum absolute atomic E-state index is 0.0880. The van der Waals surface area contributed by atoms with Gasteiger partial charge in [0.15, 0.2) is 0 Å². The molecular formula is C10H21Cl2N. The molecule has 0 rings (SSSR count). The van der Waals surface area contributed by atoms with Crippen molar-refractivity contribution in [1.82, 2.24) is 5.32 Å². The third kappa shape index (κ3) is 6.59. The van der Waals surface area contributed by atoms with Crippen LogP contribution in [-0.4, -0.2) is 23.8 Å². The fourth-order valence-electron chi connectivity index (χ4n) is 1.07. The second-order valence-corrected chi connectivity index (χ2v) is 4.35. The van der Waals surface area contributed by atoms with E-state index in [4.69, 9.17) is 23.2 Å². The summed E-state index contributed by atoms with van der Waals surface area (Å²) in [4.78, 5) is 0. The number of rotatable bonds is 8. The number of unbranched alkanes of at least 4 members (excludes halogenated alkanes) is 3. The van der Waals surface area contributed by atoms with E-state index in [0.29, 0.717) is 11.8 Å². The minimum atomic E-state index is -0.0880. The molecule has 0 atom stereocenters. The summed E-state index contributed by atoms with van der Waals surface area (Å²) in [5.41, 5.74) is -0.0880. The summed E-state index contributed by atoms with van der Waals surface area (Å²) in [6, 6.07) is 0. The SMILES string of the molecule is CCCCCCNC(C)(CCl)CCl. The van der Waals surface area contributed by atoms with Crippen molar-refractivity contribution in [2.75, 3.05) is 18.3 Å². The number of halogens is 2. The molecule has 0 bridgehead atoms. The summed E-state index contributed by atoms with van der Waals surface area (Å²) >= 11 is 11.6. The lowest BCUT2D eigenvalue weighted by molar-refractivity contribution is 0.426. The maximum atomic E-state index is 5.80. The van der Waals surface area contributed by atoms with Crippen LogP contribution in [0.3, 0.4) is 0 Å². The normalized spacial score (nSPS) is 12.0. The molecule has 0 saturated carbocycles. The molecule has 0 aliphatic rings. The van der Waals surface area contributed by atoms with Gasteiger partial charge in [0.1, 0.15) is 0 Å². The van der Waals surface area contributed by atoms with Gasteiger partial charge >= 0.3 is 0 Å². The number of nitrogens with one attached hydrogen (secondary N) is 1. The predicted octanol–water partition coefficient (Wildman–Crippen LogP) is 3.39. The topological polar surface area (TPSA) is 12.0 Å². The van der Waals surface area contributed by atoms with Crippen LogP contribution in [0.25, 0.3) is 0 Å². The van der Waals surface area contributed by atoms with Crippen LogP contribution < -0.4 is 5.32 Å². The molecule has 0 unspecified atom stereocenters. The van der Waals surface area contributed by atoms with Crippen LogP contribution in [0.15, 0.2) is 0 Å². The standard InChI is InChI=1S/C10H21Cl2N/c1-3-4-5-6-7-13-10(2,8-11)9-12/h13H,3-9H2,1-2H3. The Kier molecular flexibility index (Phi) is 8.23. The monoisotopic (exact) mass is 225 g/mol. The molecule has 0 spiro atoms. The van der Waals surface area contributed by atoms with E-state index in [0.717, 1.165) is 6.54 Å². The molecule has 0 fully saturated rings. The number of hydrogen-bond donors (Lipinski definition) is 1. The lowest BCUT2D eigenvalue weighted by atomic mass is 10.1. The van der Waals surface area contributed by atoms with E-state index in [1.807, 2.05) is 0 Å². The van der Waals surface area contributed by atoms with Crippen molar-refractivity contribution in [3.05, 3.63) is 0 Å². The first kappa shape index (κ1) is 13.5. The Labute approximate surface area is 92.2 Å². The zero-order valence-electron chi connectivity index (χ0n) is 8.71. The maximum absolute atomic E-state index is 5.80. The average molecular weight is 226 g/mol. The summed E-state index contributed by atoms with van der Waals surface area (Å²) < 4.78 is 0. The summed E-state index contributed by atoms with van der Waals surface area (Å²) in [6.45, 7) is 5.30. The van der Waals surface area contributed by atoms with Crippen molar-refractivity contribution >= 4 is 23.2 Å². The molecule has 0 heterocycles. The Morgan fingerprint density at radius 2 is 1.69 bits per heavy atom. The molecular weight excluding hydrogens is 205 g/mol. The fraction of sp³-hybridized carbons (Fsp3) is 1.00. The smallest absolute Gasteiger partial charge is 0.0425 e. The van der Waals surface area contributed by atoms with Crippen LogP contribution in [0.4, 0.5) is 0 Å². The summed E-state index contributed by atoms with van der Waals surface area (Å²) in [5, 5.41) is 3.39. The van der Waals surface area contributed by atoms with Gasteiger partial charge in [0.05, 0.1) is 0 Å². The number of alkyl halides is 2. The van der Waals surface area contributed by atoms with Gasteiger partial charge in [0.2, 0.25) is 0 Å². The molecule has 1 N–H and O–H groups in total. The second-order valence-electron chi connectivity index (χ2n) is 3.82. The second kappa shape index (κ2) is 7.90. The van der Waals surface area contributed by atoms with Gasteiger partial charge in [-0.25, -0.2) is 0 Å². The zero-order valence-corrected chi connectivity index (χ0v) is 10.2. The van der Waals surface area contributed by atoms with Crippen molar-refractivity contribution in [2.24, 2.45) is 0 Å². The van der Waals surface area contributed by atoms with Crippen molar-refractivity contribution < 1.29 is 0 Å². The van der Waals surface area contributed by atoms with Crippen molar-refractivity contribution in [3.8, 4) is 0 Å². The van der Waals surface area contributed by atoms with Gasteiger partial charge < -0.3 is 5.32 Å². The molecule has 1 nitrogen and oxygen atoms in total. The molecule has 0 aliphatic heterocycles. The average Bonchev–Trinajstić information content (AvgIpc) is 2.17. The summed E-state index contributed by atoms with van der Waals surface area (Å²) in [6.07, 6.45) is 5.11. The quantitative estimate of drug-likeness (QED) is 0.494. The van der Waals surface area contributed by atoms with Crippen LogP contribution in [-0.2, 0) is 0 Å². The van der Waals surface area contributed by atoms with Gasteiger partial charge in [-0.15, -0.1) is 23.2 Å². The van der Waals surface area contributed by atoms with E-state index in [-0.39, 0.29) is 5.54 Å². The Morgan fingerprint density at radius 1 is 1.08 bits per heavy atom. The minimum Gasteiger partial charge on any atom is -0.309 e.